The molecule has 0 saturated carbocycles. The van der Waals surface area contributed by atoms with Crippen LogP contribution in [0.15, 0.2) is 0 Å². The number of rotatable bonds is 6. The van der Waals surface area contributed by atoms with E-state index in [1.807, 2.05) is 0 Å². The highest BCUT2D eigenvalue weighted by Gasteiger charge is 2.21. The molecule has 0 fully saturated rings. The number of aliphatic carboxylic acids is 1. The molecule has 0 aromatic heterocycles. The van der Waals surface area contributed by atoms with Crippen LogP contribution in [0, 0.1) is 0 Å². The van der Waals surface area contributed by atoms with Gasteiger partial charge in [-0.2, -0.15) is 0 Å². The summed E-state index contributed by atoms with van der Waals surface area (Å²) in [5.41, 5.74) is 0. The standard InChI is InChI=1S/C9H18N2O5/c1-6(13)5-11(2)9(16)10-7(3-4-12)8(14)15/h6-7,12-13H,3-5H2,1-2H3,(H,10,16)(H,14,15). The third-order valence-electron chi connectivity index (χ3n) is 1.90. The van der Waals surface area contributed by atoms with Crippen molar-refractivity contribution < 1.29 is 24.9 Å². The molecule has 0 aliphatic heterocycles. The minimum Gasteiger partial charge on any atom is -0.480 e. The van der Waals surface area contributed by atoms with Crippen LogP contribution in [0.3, 0.4) is 0 Å². The van der Waals surface area contributed by atoms with E-state index in [1.54, 1.807) is 0 Å². The van der Waals surface area contributed by atoms with Crippen molar-refractivity contribution >= 4 is 12.0 Å². The molecule has 0 rings (SSSR count). The summed E-state index contributed by atoms with van der Waals surface area (Å²) in [4.78, 5) is 23.3. The van der Waals surface area contributed by atoms with Crippen LogP contribution in [0.25, 0.3) is 0 Å². The molecule has 7 heteroatoms. The van der Waals surface area contributed by atoms with Gasteiger partial charge in [0, 0.05) is 26.6 Å². The van der Waals surface area contributed by atoms with E-state index in [-0.39, 0.29) is 19.6 Å². The highest BCUT2D eigenvalue weighted by Crippen LogP contribution is 1.95. The van der Waals surface area contributed by atoms with Gasteiger partial charge in [0.1, 0.15) is 6.04 Å². The number of urea groups is 1. The van der Waals surface area contributed by atoms with Crippen LogP contribution >= 0.6 is 0 Å². The normalized spacial score (nSPS) is 14.0. The second-order valence-electron chi connectivity index (χ2n) is 3.58. The van der Waals surface area contributed by atoms with Crippen LogP contribution in [0.2, 0.25) is 0 Å². The fourth-order valence-electron chi connectivity index (χ4n) is 1.12. The van der Waals surface area contributed by atoms with Crippen LogP contribution in [-0.2, 0) is 4.79 Å². The molecule has 4 N–H and O–H groups in total. The molecule has 7 nitrogen and oxygen atoms in total. The highest BCUT2D eigenvalue weighted by atomic mass is 16.4. The zero-order valence-corrected chi connectivity index (χ0v) is 9.38. The van der Waals surface area contributed by atoms with Crippen LogP contribution in [0.1, 0.15) is 13.3 Å². The predicted octanol–water partition coefficient (Wildman–Crippen LogP) is -1.16. The third-order valence-corrected chi connectivity index (χ3v) is 1.90. The van der Waals surface area contributed by atoms with Crippen molar-refractivity contribution in [3.63, 3.8) is 0 Å². The number of likely N-dealkylation sites (N-methyl/N-ethyl adjacent to an activating group) is 1. The number of carbonyl (C=O) groups is 2. The third kappa shape index (κ3) is 5.52. The lowest BCUT2D eigenvalue weighted by Crippen LogP contribution is -2.48. The van der Waals surface area contributed by atoms with E-state index in [0.29, 0.717) is 0 Å². The van der Waals surface area contributed by atoms with Crippen LogP contribution < -0.4 is 5.32 Å². The Morgan fingerprint density at radius 3 is 2.38 bits per heavy atom. The molecule has 0 aliphatic rings. The lowest BCUT2D eigenvalue weighted by atomic mass is 10.2. The largest absolute Gasteiger partial charge is 0.480 e. The molecule has 16 heavy (non-hydrogen) atoms. The maximum Gasteiger partial charge on any atom is 0.326 e. The van der Waals surface area contributed by atoms with Crippen molar-refractivity contribution in [2.75, 3.05) is 20.2 Å². The summed E-state index contributed by atoms with van der Waals surface area (Å²) in [5.74, 6) is -1.20. The monoisotopic (exact) mass is 234 g/mol. The zero-order valence-electron chi connectivity index (χ0n) is 9.38. The zero-order chi connectivity index (χ0) is 12.7. The Hall–Kier alpha value is -1.34. The number of aliphatic hydroxyl groups excluding tert-OH is 2. The van der Waals surface area contributed by atoms with Gasteiger partial charge in [0.2, 0.25) is 0 Å². The first-order valence-electron chi connectivity index (χ1n) is 4.91. The van der Waals surface area contributed by atoms with Gasteiger partial charge in [0.15, 0.2) is 0 Å². The molecule has 0 aliphatic carbocycles. The SMILES string of the molecule is CC(O)CN(C)C(=O)NC(CCO)C(=O)O. The summed E-state index contributed by atoms with van der Waals surface area (Å²) in [6.07, 6.45) is -0.735. The summed E-state index contributed by atoms with van der Waals surface area (Å²) in [7, 11) is 1.44. The second-order valence-corrected chi connectivity index (χ2v) is 3.58. The summed E-state index contributed by atoms with van der Waals surface area (Å²) in [5, 5.41) is 28.6. The van der Waals surface area contributed by atoms with E-state index in [0.717, 1.165) is 0 Å². The summed E-state index contributed by atoms with van der Waals surface area (Å²) >= 11 is 0. The Balaban J connectivity index is 4.23. The number of carbonyl (C=O) groups excluding carboxylic acids is 1. The number of hydrogen-bond acceptors (Lipinski definition) is 4. The average Bonchev–Trinajstić information content (AvgIpc) is 2.15. The van der Waals surface area contributed by atoms with Crippen LogP contribution in [0.4, 0.5) is 4.79 Å². The Morgan fingerprint density at radius 2 is 2.00 bits per heavy atom. The molecule has 0 bridgehead atoms. The maximum atomic E-state index is 11.4. The fourth-order valence-corrected chi connectivity index (χ4v) is 1.12. The van der Waals surface area contributed by atoms with Gasteiger partial charge in [-0.25, -0.2) is 9.59 Å². The summed E-state index contributed by atoms with van der Waals surface area (Å²) < 4.78 is 0. The van der Waals surface area contributed by atoms with Crippen molar-refractivity contribution in [1.82, 2.24) is 10.2 Å². The lowest BCUT2D eigenvalue weighted by Gasteiger charge is -2.22. The Morgan fingerprint density at radius 1 is 1.44 bits per heavy atom. The first-order chi connectivity index (χ1) is 7.38. The minimum absolute atomic E-state index is 0.0520. The molecule has 0 radical (unpaired) electrons. The molecule has 2 amide bonds. The molecular weight excluding hydrogens is 216 g/mol. The van der Waals surface area contributed by atoms with Crippen LogP contribution in [0.5, 0.6) is 0 Å². The molecule has 0 aromatic rings. The maximum absolute atomic E-state index is 11.4. The first kappa shape index (κ1) is 14.7. The number of aliphatic hydroxyl groups is 2. The van der Waals surface area contributed by atoms with E-state index in [9.17, 15) is 9.59 Å². The topological polar surface area (TPSA) is 110 Å². The van der Waals surface area contributed by atoms with E-state index in [4.69, 9.17) is 15.3 Å². The number of carboxylic acid groups (broad SMARTS) is 1. The fraction of sp³-hybridized carbons (Fsp3) is 0.778. The molecule has 0 spiro atoms. The molecular formula is C9H18N2O5. The molecule has 0 heterocycles. The average molecular weight is 234 g/mol. The van der Waals surface area contributed by atoms with E-state index in [1.165, 1.54) is 18.9 Å². The van der Waals surface area contributed by atoms with E-state index in [2.05, 4.69) is 5.32 Å². The summed E-state index contributed by atoms with van der Waals surface area (Å²) in [6.45, 7) is 1.31. The number of carboxylic acids is 1. The van der Waals surface area contributed by atoms with Gasteiger partial charge in [-0.1, -0.05) is 0 Å². The van der Waals surface area contributed by atoms with Crippen molar-refractivity contribution in [3.05, 3.63) is 0 Å². The van der Waals surface area contributed by atoms with E-state index >= 15 is 0 Å². The minimum atomic E-state index is -1.20. The quantitative estimate of drug-likeness (QED) is 0.463. The van der Waals surface area contributed by atoms with Crippen molar-refractivity contribution in [2.24, 2.45) is 0 Å². The van der Waals surface area contributed by atoms with Crippen molar-refractivity contribution in [1.29, 1.82) is 0 Å². The first-order valence-corrected chi connectivity index (χ1v) is 4.91. The molecule has 0 aromatic carbocycles. The number of hydrogen-bond donors (Lipinski definition) is 4. The van der Waals surface area contributed by atoms with Gasteiger partial charge >= 0.3 is 12.0 Å². The van der Waals surface area contributed by atoms with Crippen molar-refractivity contribution in [3.8, 4) is 0 Å². The Bertz CT molecular complexity index is 244. The smallest absolute Gasteiger partial charge is 0.326 e. The second kappa shape index (κ2) is 7.02. The van der Waals surface area contributed by atoms with Gasteiger partial charge in [-0.15, -0.1) is 0 Å². The number of amides is 2. The van der Waals surface area contributed by atoms with Gasteiger partial charge in [-0.05, 0) is 6.92 Å². The molecule has 2 atom stereocenters. The Labute approximate surface area is 93.7 Å². The number of nitrogens with one attached hydrogen (secondary N) is 1. The van der Waals surface area contributed by atoms with Gasteiger partial charge < -0.3 is 25.5 Å². The molecule has 0 saturated heterocycles. The van der Waals surface area contributed by atoms with Crippen molar-refractivity contribution in [2.45, 2.75) is 25.5 Å². The van der Waals surface area contributed by atoms with Gasteiger partial charge in [-0.3, -0.25) is 0 Å². The lowest BCUT2D eigenvalue weighted by molar-refractivity contribution is -0.139. The van der Waals surface area contributed by atoms with Gasteiger partial charge in [0.25, 0.3) is 0 Å². The summed E-state index contributed by atoms with van der Waals surface area (Å²) in [6, 6.07) is -1.71. The van der Waals surface area contributed by atoms with Gasteiger partial charge in [0.05, 0.1) is 6.10 Å². The molecule has 2 unspecified atom stereocenters. The number of nitrogens with zero attached hydrogens (tertiary/aromatic N) is 1. The van der Waals surface area contributed by atoms with E-state index < -0.39 is 24.1 Å². The highest BCUT2D eigenvalue weighted by molar-refractivity contribution is 5.82. The molecule has 94 valence electrons. The Kier molecular flexibility index (Phi) is 6.43. The predicted molar refractivity (Wildman–Crippen MR) is 56.0 cm³/mol. The van der Waals surface area contributed by atoms with Crippen LogP contribution in [-0.4, -0.2) is 64.6 Å².